The number of carbonyl (C=O) groups excluding carboxylic acids is 1. The molecule has 1 aromatic carbocycles. The zero-order chi connectivity index (χ0) is 11.3. The molecule has 0 aliphatic carbocycles. The minimum absolute atomic E-state index is 0.458. The zero-order valence-corrected chi connectivity index (χ0v) is 7.68. The van der Waals surface area contributed by atoms with Gasteiger partial charge in [0.05, 0.1) is 11.6 Å². The predicted molar refractivity (Wildman–Crippen MR) is 52.8 cm³/mol. The van der Waals surface area contributed by atoms with Gasteiger partial charge in [-0.1, -0.05) is 18.2 Å². The number of ketones is 1. The van der Waals surface area contributed by atoms with Crippen molar-refractivity contribution in [2.45, 2.75) is 0 Å². The van der Waals surface area contributed by atoms with Crippen molar-refractivity contribution >= 4 is 17.8 Å². The number of benzene rings is 1. The number of nitriles is 1. The third-order valence-corrected chi connectivity index (χ3v) is 1.65. The first-order valence-corrected chi connectivity index (χ1v) is 4.09. The number of carboxylic acids is 1. The molecule has 74 valence electrons. The lowest BCUT2D eigenvalue weighted by atomic mass is 10.1. The van der Waals surface area contributed by atoms with Gasteiger partial charge >= 0.3 is 5.97 Å². The van der Waals surface area contributed by atoms with Gasteiger partial charge in [-0.3, -0.25) is 4.79 Å². The summed E-state index contributed by atoms with van der Waals surface area (Å²) >= 11 is 0. The summed E-state index contributed by atoms with van der Waals surface area (Å²) in [5.74, 6) is -2.49. The van der Waals surface area contributed by atoms with Crippen LogP contribution in [-0.4, -0.2) is 16.9 Å². The first-order valence-electron chi connectivity index (χ1n) is 4.09. The fourth-order valence-electron chi connectivity index (χ4n) is 0.955. The van der Waals surface area contributed by atoms with Crippen molar-refractivity contribution < 1.29 is 14.7 Å². The van der Waals surface area contributed by atoms with Crippen LogP contribution in [0.25, 0.3) is 6.08 Å². The molecule has 1 N–H and O–H groups in total. The van der Waals surface area contributed by atoms with E-state index in [0.29, 0.717) is 11.1 Å². The monoisotopic (exact) mass is 201 g/mol. The van der Waals surface area contributed by atoms with E-state index in [1.807, 2.05) is 6.07 Å². The van der Waals surface area contributed by atoms with Gasteiger partial charge in [0.1, 0.15) is 0 Å². The van der Waals surface area contributed by atoms with E-state index in [1.165, 1.54) is 6.08 Å². The summed E-state index contributed by atoms with van der Waals surface area (Å²) in [5, 5.41) is 16.9. The van der Waals surface area contributed by atoms with E-state index >= 15 is 0 Å². The molecule has 4 nitrogen and oxygen atoms in total. The highest BCUT2D eigenvalue weighted by Gasteiger charge is 2.05. The topological polar surface area (TPSA) is 78.2 Å². The second-order valence-corrected chi connectivity index (χ2v) is 2.74. The van der Waals surface area contributed by atoms with Crippen molar-refractivity contribution in [1.82, 2.24) is 0 Å². The molecule has 0 bridgehead atoms. The Bertz CT molecular complexity index is 469. The maximum atomic E-state index is 10.7. The molecule has 0 amide bonds. The van der Waals surface area contributed by atoms with E-state index in [4.69, 9.17) is 10.4 Å². The van der Waals surface area contributed by atoms with Gasteiger partial charge < -0.3 is 5.11 Å². The van der Waals surface area contributed by atoms with Crippen LogP contribution in [0.1, 0.15) is 11.1 Å². The number of nitrogens with zero attached hydrogens (tertiary/aromatic N) is 1. The molecule has 0 saturated heterocycles. The van der Waals surface area contributed by atoms with Gasteiger partial charge in [-0.2, -0.15) is 5.26 Å². The molecule has 0 spiro atoms. The van der Waals surface area contributed by atoms with Gasteiger partial charge in [0, 0.05) is 0 Å². The quantitative estimate of drug-likeness (QED) is 0.589. The number of hydrogen-bond acceptors (Lipinski definition) is 3. The van der Waals surface area contributed by atoms with E-state index < -0.39 is 11.8 Å². The molecule has 4 heteroatoms. The molecule has 0 aromatic heterocycles. The molecule has 0 atom stereocenters. The van der Waals surface area contributed by atoms with E-state index in [-0.39, 0.29) is 0 Å². The highest BCUT2D eigenvalue weighted by molar-refractivity contribution is 6.38. The molecular formula is C11H7NO3. The summed E-state index contributed by atoms with van der Waals surface area (Å²) < 4.78 is 0. The van der Waals surface area contributed by atoms with Crippen LogP contribution in [0.5, 0.6) is 0 Å². The minimum Gasteiger partial charge on any atom is -0.475 e. The van der Waals surface area contributed by atoms with Crippen LogP contribution in [0.3, 0.4) is 0 Å². The molecule has 0 aliphatic rings. The Morgan fingerprint density at radius 3 is 2.73 bits per heavy atom. The Kier molecular flexibility index (Phi) is 3.36. The first kappa shape index (κ1) is 10.7. The van der Waals surface area contributed by atoms with Crippen molar-refractivity contribution in [2.24, 2.45) is 0 Å². The summed E-state index contributed by atoms with van der Waals surface area (Å²) in [6.45, 7) is 0. The van der Waals surface area contributed by atoms with Crippen molar-refractivity contribution in [3.05, 3.63) is 41.5 Å². The molecular weight excluding hydrogens is 194 g/mol. The summed E-state index contributed by atoms with van der Waals surface area (Å²) in [6, 6.07) is 8.45. The maximum absolute atomic E-state index is 10.7. The molecule has 0 heterocycles. The van der Waals surface area contributed by atoms with Gasteiger partial charge in [0.15, 0.2) is 0 Å². The van der Waals surface area contributed by atoms with Gasteiger partial charge in [-0.15, -0.1) is 0 Å². The minimum atomic E-state index is -1.50. The van der Waals surface area contributed by atoms with Crippen LogP contribution in [0.4, 0.5) is 0 Å². The molecule has 0 saturated carbocycles. The molecule has 0 radical (unpaired) electrons. The van der Waals surface area contributed by atoms with E-state index in [2.05, 4.69) is 0 Å². The van der Waals surface area contributed by atoms with E-state index in [0.717, 1.165) is 6.08 Å². The molecule has 1 rings (SSSR count). The lowest BCUT2D eigenvalue weighted by Crippen LogP contribution is -2.08. The second-order valence-electron chi connectivity index (χ2n) is 2.74. The van der Waals surface area contributed by atoms with Crippen LogP contribution < -0.4 is 0 Å². The highest BCUT2D eigenvalue weighted by atomic mass is 16.4. The van der Waals surface area contributed by atoms with E-state index in [9.17, 15) is 9.59 Å². The maximum Gasteiger partial charge on any atom is 0.376 e. The zero-order valence-electron chi connectivity index (χ0n) is 7.68. The van der Waals surface area contributed by atoms with Crippen LogP contribution in [0, 0.1) is 11.3 Å². The number of hydrogen-bond donors (Lipinski definition) is 1. The molecule has 0 fully saturated rings. The van der Waals surface area contributed by atoms with Crippen molar-refractivity contribution in [2.75, 3.05) is 0 Å². The third-order valence-electron chi connectivity index (χ3n) is 1.65. The third kappa shape index (κ3) is 3.08. The Morgan fingerprint density at radius 1 is 1.40 bits per heavy atom. The lowest BCUT2D eigenvalue weighted by Gasteiger charge is -1.92. The summed E-state index contributed by atoms with van der Waals surface area (Å²) in [4.78, 5) is 20.9. The lowest BCUT2D eigenvalue weighted by molar-refractivity contribution is -0.146. The smallest absolute Gasteiger partial charge is 0.376 e. The van der Waals surface area contributed by atoms with Crippen LogP contribution in [-0.2, 0) is 9.59 Å². The number of carboxylic acid groups (broad SMARTS) is 1. The Labute approximate surface area is 86.1 Å². The fourth-order valence-corrected chi connectivity index (χ4v) is 0.955. The molecule has 15 heavy (non-hydrogen) atoms. The summed E-state index contributed by atoms with van der Waals surface area (Å²) in [6.07, 6.45) is 2.32. The van der Waals surface area contributed by atoms with Crippen LogP contribution >= 0.6 is 0 Å². The highest BCUT2D eigenvalue weighted by Crippen LogP contribution is 2.05. The molecule has 1 aromatic rings. The van der Waals surface area contributed by atoms with Gasteiger partial charge in [0.2, 0.25) is 0 Å². The summed E-state index contributed by atoms with van der Waals surface area (Å²) in [7, 11) is 0. The Morgan fingerprint density at radius 2 is 2.13 bits per heavy atom. The van der Waals surface area contributed by atoms with Gasteiger partial charge in [-0.05, 0) is 23.8 Å². The SMILES string of the molecule is N#Cc1cccc(/C=C/C(=O)C(=O)O)c1. The van der Waals surface area contributed by atoms with Crippen molar-refractivity contribution in [1.29, 1.82) is 5.26 Å². The normalized spacial score (nSPS) is 9.80. The number of carbonyl (C=O) groups is 2. The average molecular weight is 201 g/mol. The molecule has 0 unspecified atom stereocenters. The standard InChI is InChI=1S/C11H7NO3/c12-7-9-3-1-2-8(6-9)4-5-10(13)11(14)15/h1-6H,(H,14,15)/b5-4+. The summed E-state index contributed by atoms with van der Waals surface area (Å²) in [5.41, 5.74) is 1.07. The first-order chi connectivity index (χ1) is 7.13. The van der Waals surface area contributed by atoms with Crippen LogP contribution in [0.15, 0.2) is 30.3 Å². The van der Waals surface area contributed by atoms with Crippen LogP contribution in [0.2, 0.25) is 0 Å². The Hall–Kier alpha value is -2.41. The van der Waals surface area contributed by atoms with E-state index in [1.54, 1.807) is 24.3 Å². The molecule has 0 aliphatic heterocycles. The second kappa shape index (κ2) is 4.72. The van der Waals surface area contributed by atoms with Gasteiger partial charge in [-0.25, -0.2) is 4.79 Å². The Balaban J connectivity index is 2.86. The fraction of sp³-hybridized carbons (Fsp3) is 0. The number of rotatable bonds is 3. The average Bonchev–Trinajstić information content (AvgIpc) is 2.26. The predicted octanol–water partition coefficient (Wildman–Crippen LogP) is 1.23. The van der Waals surface area contributed by atoms with Crippen molar-refractivity contribution in [3.63, 3.8) is 0 Å². The largest absolute Gasteiger partial charge is 0.475 e. The van der Waals surface area contributed by atoms with Gasteiger partial charge in [0.25, 0.3) is 5.78 Å². The number of aliphatic carboxylic acids is 1. The van der Waals surface area contributed by atoms with Crippen molar-refractivity contribution in [3.8, 4) is 6.07 Å².